The summed E-state index contributed by atoms with van der Waals surface area (Å²) in [4.78, 5) is 0. The first kappa shape index (κ1) is 28.6. The average molecular weight is 894 g/mol. The Morgan fingerprint density at radius 2 is 0.605 bits per heavy atom. The van der Waals surface area contributed by atoms with E-state index < -0.39 is 0 Å². The molecule has 3 aliphatic carbocycles. The smallest absolute Gasteiger partial charge is 0.0320 e. The lowest BCUT2D eigenvalue weighted by atomic mass is 9.48. The van der Waals surface area contributed by atoms with Gasteiger partial charge in [-0.3, -0.25) is 0 Å². The van der Waals surface area contributed by atoms with Crippen LogP contribution in [0.5, 0.6) is 0 Å². The van der Waals surface area contributed by atoms with Gasteiger partial charge in [0.05, 0.1) is 0 Å². The molecule has 0 aromatic heterocycles. The lowest BCUT2D eigenvalue weighted by Crippen LogP contribution is -2.54. The highest BCUT2D eigenvalue weighted by Gasteiger charge is 2.82. The van der Waals surface area contributed by atoms with Crippen LogP contribution in [0, 0.1) is 5.41 Å². The third-order valence-corrected chi connectivity index (χ3v) is 15.9. The number of halogens is 6. The van der Waals surface area contributed by atoms with Gasteiger partial charge in [-0.25, -0.2) is 0 Å². The van der Waals surface area contributed by atoms with Crippen molar-refractivity contribution < 1.29 is 0 Å². The van der Waals surface area contributed by atoms with Gasteiger partial charge in [0.2, 0.25) is 0 Å². The summed E-state index contributed by atoms with van der Waals surface area (Å²) in [5.74, 6) is 0. The second-order valence-electron chi connectivity index (χ2n) is 11.5. The Morgan fingerprint density at radius 3 is 0.763 bits per heavy atom. The van der Waals surface area contributed by atoms with Gasteiger partial charge in [0.25, 0.3) is 0 Å². The first-order valence-corrected chi connectivity index (χ1v) is 18.3. The molecule has 0 atom stereocenters. The van der Waals surface area contributed by atoms with E-state index in [0.717, 1.165) is 65.4 Å². The fraction of sp³-hybridized carbons (Fsp3) is 0.438. The third kappa shape index (κ3) is 3.02. The number of hydrogen-bond acceptors (Lipinski definition) is 0. The lowest BCUT2D eigenvalue weighted by molar-refractivity contribution is 0.0540. The van der Waals surface area contributed by atoms with E-state index in [-0.39, 0.29) is 21.7 Å². The number of rotatable bonds is 6. The van der Waals surface area contributed by atoms with E-state index >= 15 is 0 Å². The maximum atomic E-state index is 3.93. The van der Waals surface area contributed by atoms with Crippen LogP contribution in [0.15, 0.2) is 63.2 Å². The summed E-state index contributed by atoms with van der Waals surface area (Å²) < 4.78 is 6.86. The van der Waals surface area contributed by atoms with Crippen LogP contribution in [0.25, 0.3) is 0 Å². The highest BCUT2D eigenvalue weighted by Crippen LogP contribution is 2.85. The molecule has 0 radical (unpaired) electrons. The minimum absolute atomic E-state index is 0.0667. The van der Waals surface area contributed by atoms with E-state index in [1.165, 1.54) is 33.4 Å². The predicted molar refractivity (Wildman–Crippen MR) is 181 cm³/mol. The van der Waals surface area contributed by atoms with Gasteiger partial charge in [-0.2, -0.15) is 0 Å². The van der Waals surface area contributed by atoms with Crippen molar-refractivity contribution in [3.63, 3.8) is 0 Å². The summed E-state index contributed by atoms with van der Waals surface area (Å²) in [5.41, 5.74) is 8.71. The maximum Gasteiger partial charge on any atom is 0.0320 e. The van der Waals surface area contributed by atoms with Crippen LogP contribution in [-0.4, -0.2) is 0 Å². The van der Waals surface area contributed by atoms with Gasteiger partial charge in [0.15, 0.2) is 0 Å². The molecule has 0 heterocycles. The zero-order valence-electron chi connectivity index (χ0n) is 22.0. The average Bonchev–Trinajstić information content (AvgIpc) is 3.24. The van der Waals surface area contributed by atoms with E-state index in [2.05, 4.69) is 160 Å². The second kappa shape index (κ2) is 9.53. The molecule has 6 heteroatoms. The van der Waals surface area contributed by atoms with Crippen molar-refractivity contribution in [1.29, 1.82) is 0 Å². The van der Waals surface area contributed by atoms with Crippen LogP contribution in [-0.2, 0) is 16.2 Å². The molecule has 0 spiro atoms. The zero-order chi connectivity index (χ0) is 27.4. The first-order valence-electron chi connectivity index (χ1n) is 13.5. The van der Waals surface area contributed by atoms with Crippen LogP contribution >= 0.6 is 95.6 Å². The molecule has 0 saturated carbocycles. The highest BCUT2D eigenvalue weighted by molar-refractivity contribution is 9.13. The Kier molecular flexibility index (Phi) is 7.18. The van der Waals surface area contributed by atoms with Gasteiger partial charge in [-0.05, 0) is 185 Å². The quantitative estimate of drug-likeness (QED) is 0.231. The normalized spacial score (nSPS) is 29.8. The van der Waals surface area contributed by atoms with Crippen LogP contribution in [0.1, 0.15) is 99.6 Å². The minimum Gasteiger partial charge on any atom is -0.0653 e. The Hall–Kier alpha value is 0.540. The summed E-state index contributed by atoms with van der Waals surface area (Å²) in [6.45, 7) is 9.79. The van der Waals surface area contributed by atoms with Crippen molar-refractivity contribution in [3.8, 4) is 0 Å². The predicted octanol–water partition coefficient (Wildman–Crippen LogP) is 12.9. The van der Waals surface area contributed by atoms with Crippen LogP contribution in [0.4, 0.5) is 0 Å². The second-order valence-corrected chi connectivity index (χ2v) is 16.7. The summed E-state index contributed by atoms with van der Waals surface area (Å²) in [6.07, 6.45) is 6.76. The van der Waals surface area contributed by atoms with Crippen LogP contribution in [0.3, 0.4) is 0 Å². The number of benzene rings is 3. The standard InChI is InChI=1S/C32H30Br6/c1-5-8-30-17-11-23(33)25(35)13-19(17)31(9-6-2)21-15-27(37)28(38)16-22(21)32(10-7-3,29(30,31)4)20-14-26(36)24(34)12-18(20)30/h11-16H,5-10H2,1-4H3. The summed E-state index contributed by atoms with van der Waals surface area (Å²) in [6, 6.07) is 14.8. The van der Waals surface area contributed by atoms with E-state index in [0.29, 0.717) is 0 Å². The van der Waals surface area contributed by atoms with Gasteiger partial charge >= 0.3 is 0 Å². The molecule has 3 aromatic rings. The monoisotopic (exact) mass is 888 g/mol. The summed E-state index contributed by atoms with van der Waals surface area (Å²) in [7, 11) is 0. The van der Waals surface area contributed by atoms with Crippen molar-refractivity contribution in [3.05, 3.63) is 96.6 Å². The molecule has 0 aliphatic heterocycles. The van der Waals surface area contributed by atoms with Crippen molar-refractivity contribution in [2.75, 3.05) is 0 Å². The van der Waals surface area contributed by atoms with E-state index in [9.17, 15) is 0 Å². The highest BCUT2D eigenvalue weighted by atomic mass is 79.9. The third-order valence-electron chi connectivity index (χ3n) is 10.4. The first-order chi connectivity index (χ1) is 18.0. The van der Waals surface area contributed by atoms with Gasteiger partial charge in [0.1, 0.15) is 0 Å². The molecule has 0 fully saturated rings. The van der Waals surface area contributed by atoms with Crippen molar-refractivity contribution in [2.24, 2.45) is 5.41 Å². The molecule has 38 heavy (non-hydrogen) atoms. The molecule has 3 aliphatic rings. The lowest BCUT2D eigenvalue weighted by Gasteiger charge is -2.53. The number of hydrogen-bond donors (Lipinski definition) is 0. The molecular formula is C32H30Br6. The maximum absolute atomic E-state index is 3.93. The topological polar surface area (TPSA) is 0 Å². The summed E-state index contributed by atoms with van der Waals surface area (Å²) in [5, 5.41) is 0. The molecule has 0 unspecified atom stereocenters. The van der Waals surface area contributed by atoms with Crippen molar-refractivity contribution >= 4 is 95.6 Å². The summed E-state index contributed by atoms with van der Waals surface area (Å²) >= 11 is 23.6. The minimum atomic E-state index is -0.110. The van der Waals surface area contributed by atoms with E-state index in [1.807, 2.05) is 0 Å². The van der Waals surface area contributed by atoms with Gasteiger partial charge < -0.3 is 0 Å². The molecule has 0 nitrogen and oxygen atoms in total. The van der Waals surface area contributed by atoms with Gasteiger partial charge in [-0.1, -0.05) is 47.0 Å². The largest absolute Gasteiger partial charge is 0.0653 e. The van der Waals surface area contributed by atoms with E-state index in [4.69, 9.17) is 0 Å². The molecule has 0 N–H and O–H groups in total. The zero-order valence-corrected chi connectivity index (χ0v) is 31.5. The Morgan fingerprint density at radius 1 is 0.421 bits per heavy atom. The molecule has 0 saturated heterocycles. The van der Waals surface area contributed by atoms with Gasteiger partial charge in [0, 0.05) is 48.5 Å². The molecule has 0 bridgehead atoms. The molecule has 6 rings (SSSR count). The van der Waals surface area contributed by atoms with Crippen molar-refractivity contribution in [1.82, 2.24) is 0 Å². The van der Waals surface area contributed by atoms with Crippen LogP contribution < -0.4 is 0 Å². The molecule has 0 amide bonds. The molecular weight excluding hydrogens is 864 g/mol. The fourth-order valence-electron chi connectivity index (χ4n) is 9.59. The van der Waals surface area contributed by atoms with Gasteiger partial charge in [-0.15, -0.1) is 0 Å². The molecule has 200 valence electrons. The molecule has 3 aromatic carbocycles. The Bertz CT molecular complexity index is 1240. The van der Waals surface area contributed by atoms with E-state index in [1.54, 1.807) is 0 Å². The number of fused-ring (bicyclic) bond motifs is 9. The van der Waals surface area contributed by atoms with Crippen molar-refractivity contribution in [2.45, 2.75) is 82.5 Å². The Balaban J connectivity index is 1.95. The van der Waals surface area contributed by atoms with Crippen LogP contribution in [0.2, 0.25) is 0 Å². The SMILES string of the molecule is CCCC12c3cc(Br)c(Br)cc3C3(CCC)c4cc(Br)c(Br)cc4C(CCC)(c4cc(Br)c(Br)cc41)C23C. The Labute approximate surface area is 277 Å². The fourth-order valence-corrected chi connectivity index (χ4v) is 11.6.